The highest BCUT2D eigenvalue weighted by atomic mass is 16.6. The van der Waals surface area contributed by atoms with Crippen molar-refractivity contribution < 1.29 is 24.2 Å². The summed E-state index contributed by atoms with van der Waals surface area (Å²) in [6, 6.07) is 0. The largest absolute Gasteiger partial charge is 0.462 e. The van der Waals surface area contributed by atoms with Gasteiger partial charge in [-0.3, -0.25) is 9.59 Å². The van der Waals surface area contributed by atoms with E-state index >= 15 is 0 Å². The SMILES string of the molecule is CC/C=C\C/C=C\C/C=C\C/C=C\C/C=C\C/C=C\C/C=C\C/C=C\CCCCC(=O)OC(CO)COC(=O)CCCCCCCC/C=C\C/C=C\C/C=C\C/C=C\C/C=C\C/C=C\CC. The maximum absolute atomic E-state index is 12.3. The van der Waals surface area contributed by atoms with Crippen LogP contribution in [0.15, 0.2) is 170 Å². The van der Waals surface area contributed by atoms with E-state index in [2.05, 4.69) is 184 Å². The number of rotatable bonds is 44. The number of esters is 2. The van der Waals surface area contributed by atoms with Crippen LogP contribution in [-0.4, -0.2) is 36.4 Å². The summed E-state index contributed by atoms with van der Waals surface area (Å²) in [7, 11) is 0. The van der Waals surface area contributed by atoms with Crippen molar-refractivity contribution in [1.29, 1.82) is 0 Å². The topological polar surface area (TPSA) is 72.8 Å². The zero-order valence-electron chi connectivity index (χ0n) is 41.6. The molecular weight excluding hydrogens is 813 g/mol. The summed E-state index contributed by atoms with van der Waals surface area (Å²) in [6.45, 7) is 3.84. The van der Waals surface area contributed by atoms with Crippen LogP contribution in [0, 0.1) is 0 Å². The van der Waals surface area contributed by atoms with Crippen LogP contribution >= 0.6 is 0 Å². The van der Waals surface area contributed by atoms with Crippen molar-refractivity contribution in [1.82, 2.24) is 0 Å². The van der Waals surface area contributed by atoms with Crippen molar-refractivity contribution >= 4 is 11.9 Å². The van der Waals surface area contributed by atoms with Gasteiger partial charge in [0.05, 0.1) is 6.61 Å². The minimum Gasteiger partial charge on any atom is -0.462 e. The van der Waals surface area contributed by atoms with Crippen molar-refractivity contribution in [3.63, 3.8) is 0 Å². The van der Waals surface area contributed by atoms with Crippen LogP contribution in [0.2, 0.25) is 0 Å². The lowest BCUT2D eigenvalue weighted by molar-refractivity contribution is -0.161. The van der Waals surface area contributed by atoms with Gasteiger partial charge in [0, 0.05) is 12.8 Å². The summed E-state index contributed by atoms with van der Waals surface area (Å²) in [4.78, 5) is 24.5. The van der Waals surface area contributed by atoms with E-state index in [1.54, 1.807) is 0 Å². The first-order chi connectivity index (χ1) is 32.6. The number of carbonyl (C=O) groups is 2. The molecule has 0 aliphatic carbocycles. The first-order valence-corrected chi connectivity index (χ1v) is 25.7. The number of hydrogen-bond acceptors (Lipinski definition) is 5. The maximum Gasteiger partial charge on any atom is 0.306 e. The fourth-order valence-corrected chi connectivity index (χ4v) is 6.22. The molecule has 0 aromatic carbocycles. The Kier molecular flexibility index (Phi) is 50.7. The third-order valence-corrected chi connectivity index (χ3v) is 10.0. The van der Waals surface area contributed by atoms with E-state index in [1.165, 1.54) is 19.3 Å². The van der Waals surface area contributed by atoms with E-state index in [4.69, 9.17) is 9.47 Å². The first kappa shape index (κ1) is 61.3. The van der Waals surface area contributed by atoms with Crippen LogP contribution in [0.25, 0.3) is 0 Å². The average Bonchev–Trinajstić information content (AvgIpc) is 3.32. The lowest BCUT2D eigenvalue weighted by Crippen LogP contribution is -2.28. The van der Waals surface area contributed by atoms with E-state index in [1.807, 2.05) is 0 Å². The Balaban J connectivity index is 3.73. The number of ether oxygens (including phenoxy) is 2. The first-order valence-electron chi connectivity index (χ1n) is 25.7. The molecule has 0 amide bonds. The van der Waals surface area contributed by atoms with E-state index in [-0.39, 0.29) is 31.6 Å². The minimum absolute atomic E-state index is 0.105. The molecule has 0 radical (unpaired) electrons. The second-order valence-corrected chi connectivity index (χ2v) is 16.1. The molecule has 0 heterocycles. The molecule has 1 atom stereocenters. The molecule has 0 aliphatic heterocycles. The van der Waals surface area contributed by atoms with Gasteiger partial charge in [0.2, 0.25) is 0 Å². The van der Waals surface area contributed by atoms with Crippen molar-refractivity contribution in [3.8, 4) is 0 Å². The maximum atomic E-state index is 12.3. The minimum atomic E-state index is -0.817. The molecule has 366 valence electrons. The van der Waals surface area contributed by atoms with Crippen molar-refractivity contribution in [3.05, 3.63) is 170 Å². The number of carbonyl (C=O) groups excluding carboxylic acids is 2. The van der Waals surface area contributed by atoms with Gasteiger partial charge in [-0.1, -0.05) is 210 Å². The number of aliphatic hydroxyl groups excluding tert-OH is 1. The number of aliphatic hydroxyl groups is 1. The Morgan fingerprint density at radius 3 is 0.939 bits per heavy atom. The Bertz CT molecular complexity index is 1540. The predicted molar refractivity (Wildman–Crippen MR) is 287 cm³/mol. The number of hydrogen-bond donors (Lipinski definition) is 1. The smallest absolute Gasteiger partial charge is 0.306 e. The molecule has 0 spiro atoms. The van der Waals surface area contributed by atoms with Crippen LogP contribution in [0.1, 0.15) is 181 Å². The Morgan fingerprint density at radius 2 is 0.606 bits per heavy atom. The second-order valence-electron chi connectivity index (χ2n) is 16.1. The quantitative estimate of drug-likeness (QED) is 0.0375. The van der Waals surface area contributed by atoms with E-state index in [0.29, 0.717) is 12.8 Å². The van der Waals surface area contributed by atoms with Gasteiger partial charge < -0.3 is 14.6 Å². The van der Waals surface area contributed by atoms with Crippen molar-refractivity contribution in [2.24, 2.45) is 0 Å². The lowest BCUT2D eigenvalue weighted by Gasteiger charge is -2.15. The van der Waals surface area contributed by atoms with Gasteiger partial charge in [-0.2, -0.15) is 0 Å². The van der Waals surface area contributed by atoms with Crippen LogP contribution < -0.4 is 0 Å². The normalized spacial score (nSPS) is 13.7. The molecule has 5 nitrogen and oxygen atoms in total. The van der Waals surface area contributed by atoms with Gasteiger partial charge in [-0.15, -0.1) is 0 Å². The van der Waals surface area contributed by atoms with Crippen LogP contribution in [0.5, 0.6) is 0 Å². The molecule has 1 N–H and O–H groups in total. The van der Waals surface area contributed by atoms with E-state index in [9.17, 15) is 14.7 Å². The highest BCUT2D eigenvalue weighted by molar-refractivity contribution is 5.70. The predicted octanol–water partition coefficient (Wildman–Crippen LogP) is 17.4. The fourth-order valence-electron chi connectivity index (χ4n) is 6.22. The Labute approximate surface area is 404 Å². The summed E-state index contributed by atoms with van der Waals surface area (Å²) in [5, 5.41) is 9.63. The molecule has 0 aromatic rings. The number of allylic oxidation sites excluding steroid dienone is 28. The zero-order valence-corrected chi connectivity index (χ0v) is 41.6. The van der Waals surface area contributed by atoms with Gasteiger partial charge in [-0.05, 0) is 128 Å². The molecule has 66 heavy (non-hydrogen) atoms. The second kappa shape index (κ2) is 54.6. The van der Waals surface area contributed by atoms with Gasteiger partial charge in [0.1, 0.15) is 6.61 Å². The fraction of sp³-hybridized carbons (Fsp3) is 0.508. The molecule has 5 heteroatoms. The van der Waals surface area contributed by atoms with Crippen LogP contribution in [0.3, 0.4) is 0 Å². The summed E-state index contributed by atoms with van der Waals surface area (Å²) < 4.78 is 10.6. The lowest BCUT2D eigenvalue weighted by atomic mass is 10.1. The third-order valence-electron chi connectivity index (χ3n) is 10.0. The van der Waals surface area contributed by atoms with Crippen molar-refractivity contribution in [2.75, 3.05) is 13.2 Å². The van der Waals surface area contributed by atoms with Crippen LogP contribution in [0.4, 0.5) is 0 Å². The summed E-state index contributed by atoms with van der Waals surface area (Å²) in [5.74, 6) is -0.676. The molecular formula is C61H92O5. The molecule has 1 unspecified atom stereocenters. The number of unbranched alkanes of at least 4 members (excludes halogenated alkanes) is 8. The molecule has 0 rings (SSSR count). The molecule has 0 saturated heterocycles. The highest BCUT2D eigenvalue weighted by Gasteiger charge is 2.16. The van der Waals surface area contributed by atoms with Crippen molar-refractivity contribution in [2.45, 2.75) is 187 Å². The third kappa shape index (κ3) is 51.9. The van der Waals surface area contributed by atoms with E-state index < -0.39 is 6.10 Å². The summed E-state index contributed by atoms with van der Waals surface area (Å²) >= 11 is 0. The molecule has 0 aliphatic rings. The summed E-state index contributed by atoms with van der Waals surface area (Å²) in [5.41, 5.74) is 0. The molecule has 0 aromatic heterocycles. The van der Waals surface area contributed by atoms with E-state index in [0.717, 1.165) is 128 Å². The Morgan fingerprint density at radius 1 is 0.348 bits per heavy atom. The van der Waals surface area contributed by atoms with Gasteiger partial charge in [-0.25, -0.2) is 0 Å². The van der Waals surface area contributed by atoms with Gasteiger partial charge >= 0.3 is 11.9 Å². The molecule has 0 fully saturated rings. The summed E-state index contributed by atoms with van der Waals surface area (Å²) in [6.07, 6.45) is 85.8. The monoisotopic (exact) mass is 905 g/mol. The average molecular weight is 905 g/mol. The van der Waals surface area contributed by atoms with Gasteiger partial charge in [0.25, 0.3) is 0 Å². The molecule has 0 saturated carbocycles. The standard InChI is InChI=1S/C61H92O5/c1-3-5-7-9-11-13-15-17-19-21-23-25-27-29-30-32-34-36-38-40-42-44-46-48-50-52-54-56-61(64)66-59(57-62)58-65-60(63)55-53-51-49-47-45-43-41-39-37-35-33-31-28-26-24-22-20-18-16-14-12-10-8-6-4-2/h5-8,11-14,17-20,23-26,29-31,33-34,36-37,39-40,42,46,48,59,62H,3-4,9-10,15-16,21-22,27-28,32,35,38,41,43-45,47,49-58H2,1-2H3/b7-5-,8-6-,13-11-,14-12-,19-17-,20-18-,25-23-,26-24-,30-29-,33-31-,36-34-,39-37-,42-40-,48-46-. The van der Waals surface area contributed by atoms with Crippen LogP contribution in [-0.2, 0) is 19.1 Å². The molecule has 0 bridgehead atoms. The zero-order chi connectivity index (χ0) is 47.7. The highest BCUT2D eigenvalue weighted by Crippen LogP contribution is 2.11. The van der Waals surface area contributed by atoms with Gasteiger partial charge in [0.15, 0.2) is 6.10 Å². The Hall–Kier alpha value is -4.74.